The van der Waals surface area contributed by atoms with Gasteiger partial charge in [0.2, 0.25) is 0 Å². The molecule has 0 fully saturated rings. The number of esters is 1. The van der Waals surface area contributed by atoms with E-state index >= 15 is 0 Å². The second kappa shape index (κ2) is 7.01. The molecule has 4 nitrogen and oxygen atoms in total. The molecule has 18 heavy (non-hydrogen) atoms. The topological polar surface area (TPSA) is 55.8 Å². The lowest BCUT2D eigenvalue weighted by atomic mass is 10.1. The first-order chi connectivity index (χ1) is 8.60. The van der Waals surface area contributed by atoms with E-state index in [1.54, 1.807) is 32.0 Å². The minimum atomic E-state index is -0.638. The molecule has 0 saturated heterocycles. The van der Waals surface area contributed by atoms with Crippen LogP contribution in [-0.2, 0) is 9.53 Å². The van der Waals surface area contributed by atoms with E-state index in [0.717, 1.165) is 0 Å². The highest BCUT2D eigenvalue weighted by atomic mass is 16.6. The Morgan fingerprint density at radius 1 is 1.33 bits per heavy atom. The van der Waals surface area contributed by atoms with Crippen LogP contribution in [0.2, 0.25) is 0 Å². The van der Waals surface area contributed by atoms with E-state index in [1.807, 2.05) is 13.0 Å². The van der Waals surface area contributed by atoms with Crippen molar-refractivity contribution in [2.24, 2.45) is 0 Å². The molecule has 0 saturated carbocycles. The maximum Gasteiger partial charge on any atom is 0.347 e. The van der Waals surface area contributed by atoms with Crippen molar-refractivity contribution in [3.63, 3.8) is 0 Å². The fourth-order valence-electron chi connectivity index (χ4n) is 1.62. The number of aliphatic hydroxyl groups is 1. The summed E-state index contributed by atoms with van der Waals surface area (Å²) in [5.74, 6) is 0.146. The predicted octanol–water partition coefficient (Wildman–Crippen LogP) is 2.46. The summed E-state index contributed by atoms with van der Waals surface area (Å²) in [7, 11) is 0. The lowest BCUT2D eigenvalue weighted by Crippen LogP contribution is -2.29. The van der Waals surface area contributed by atoms with Gasteiger partial charge in [-0.25, -0.2) is 4.79 Å². The van der Waals surface area contributed by atoms with Crippen LogP contribution in [0.4, 0.5) is 0 Å². The van der Waals surface area contributed by atoms with E-state index in [0.29, 0.717) is 24.3 Å². The number of benzene rings is 1. The number of carbonyl (C=O) groups is 1. The number of hydrogen-bond acceptors (Lipinski definition) is 4. The van der Waals surface area contributed by atoms with Gasteiger partial charge < -0.3 is 14.6 Å². The average Bonchev–Trinajstić information content (AvgIpc) is 2.36. The van der Waals surface area contributed by atoms with E-state index in [1.165, 1.54) is 0 Å². The number of aliphatic hydroxyl groups excluding tert-OH is 1. The van der Waals surface area contributed by atoms with Crippen LogP contribution < -0.4 is 4.74 Å². The molecule has 1 N–H and O–H groups in total. The zero-order chi connectivity index (χ0) is 13.5. The third-order valence-electron chi connectivity index (χ3n) is 2.56. The van der Waals surface area contributed by atoms with Crippen molar-refractivity contribution in [2.45, 2.75) is 39.4 Å². The second-order valence-electron chi connectivity index (χ2n) is 3.98. The van der Waals surface area contributed by atoms with Crippen LogP contribution in [0, 0.1) is 0 Å². The predicted molar refractivity (Wildman–Crippen MR) is 68.4 cm³/mol. The van der Waals surface area contributed by atoms with Crippen LogP contribution >= 0.6 is 0 Å². The summed E-state index contributed by atoms with van der Waals surface area (Å²) in [5.41, 5.74) is 0.667. The van der Waals surface area contributed by atoms with Gasteiger partial charge in [-0.2, -0.15) is 0 Å². The van der Waals surface area contributed by atoms with E-state index < -0.39 is 12.2 Å². The number of rotatable bonds is 6. The molecule has 1 aromatic carbocycles. The van der Waals surface area contributed by atoms with Gasteiger partial charge in [-0.1, -0.05) is 25.1 Å². The van der Waals surface area contributed by atoms with Gasteiger partial charge in [0.25, 0.3) is 0 Å². The summed E-state index contributed by atoms with van der Waals surface area (Å²) >= 11 is 0. The van der Waals surface area contributed by atoms with Crippen LogP contribution in [-0.4, -0.2) is 23.8 Å². The van der Waals surface area contributed by atoms with Crippen molar-refractivity contribution in [1.82, 2.24) is 0 Å². The molecule has 2 atom stereocenters. The SMILES string of the molecule is CCOC(=O)C(CC)Oc1ccccc1[C@H](C)O. The van der Waals surface area contributed by atoms with Gasteiger partial charge in [-0.3, -0.25) is 0 Å². The van der Waals surface area contributed by atoms with Gasteiger partial charge in [0.05, 0.1) is 12.7 Å². The lowest BCUT2D eigenvalue weighted by molar-refractivity contribution is -0.151. The lowest BCUT2D eigenvalue weighted by Gasteiger charge is -2.19. The molecular formula is C14H20O4. The highest BCUT2D eigenvalue weighted by Crippen LogP contribution is 2.26. The number of para-hydroxylation sites is 1. The van der Waals surface area contributed by atoms with Gasteiger partial charge >= 0.3 is 5.97 Å². The zero-order valence-electron chi connectivity index (χ0n) is 11.1. The summed E-state index contributed by atoms with van der Waals surface area (Å²) in [6.07, 6.45) is -0.752. The van der Waals surface area contributed by atoms with Gasteiger partial charge in [0.15, 0.2) is 6.10 Å². The maximum atomic E-state index is 11.7. The molecule has 1 rings (SSSR count). The standard InChI is InChI=1S/C14H20O4/c1-4-12(14(16)17-5-2)18-13-9-7-6-8-11(13)10(3)15/h6-10,12,15H,4-5H2,1-3H3/t10-,12?/m0/s1. The fourth-order valence-corrected chi connectivity index (χ4v) is 1.62. The number of hydrogen-bond donors (Lipinski definition) is 1. The van der Waals surface area contributed by atoms with Crippen molar-refractivity contribution in [1.29, 1.82) is 0 Å². The van der Waals surface area contributed by atoms with Crippen molar-refractivity contribution in [3.8, 4) is 5.75 Å². The van der Waals surface area contributed by atoms with Crippen molar-refractivity contribution >= 4 is 5.97 Å². The zero-order valence-corrected chi connectivity index (χ0v) is 11.1. The maximum absolute atomic E-state index is 11.7. The number of ether oxygens (including phenoxy) is 2. The average molecular weight is 252 g/mol. The van der Waals surface area contributed by atoms with E-state index in [4.69, 9.17) is 9.47 Å². The summed E-state index contributed by atoms with van der Waals surface area (Å²) in [4.78, 5) is 11.7. The quantitative estimate of drug-likeness (QED) is 0.790. The summed E-state index contributed by atoms with van der Waals surface area (Å²) in [5, 5.41) is 9.64. The monoisotopic (exact) mass is 252 g/mol. The highest BCUT2D eigenvalue weighted by molar-refractivity contribution is 5.75. The first-order valence-electron chi connectivity index (χ1n) is 6.20. The number of carbonyl (C=O) groups excluding carboxylic acids is 1. The van der Waals surface area contributed by atoms with Crippen molar-refractivity contribution < 1.29 is 19.4 Å². The molecule has 0 aliphatic heterocycles. The molecule has 0 aliphatic rings. The highest BCUT2D eigenvalue weighted by Gasteiger charge is 2.21. The molecule has 1 aromatic rings. The Labute approximate surface area is 108 Å². The molecule has 100 valence electrons. The van der Waals surface area contributed by atoms with E-state index in [2.05, 4.69) is 0 Å². The Hall–Kier alpha value is -1.55. The van der Waals surface area contributed by atoms with Crippen molar-refractivity contribution in [2.75, 3.05) is 6.61 Å². The smallest absolute Gasteiger partial charge is 0.347 e. The second-order valence-corrected chi connectivity index (χ2v) is 3.98. The summed E-state index contributed by atoms with van der Waals surface area (Å²) in [6.45, 7) is 5.60. The normalized spacial score (nSPS) is 13.8. The van der Waals surface area contributed by atoms with E-state index in [9.17, 15) is 9.90 Å². The molecule has 0 amide bonds. The Kier molecular flexibility index (Phi) is 5.65. The third-order valence-corrected chi connectivity index (χ3v) is 2.56. The molecule has 0 radical (unpaired) electrons. The molecule has 0 heterocycles. The Balaban J connectivity index is 2.85. The molecule has 0 bridgehead atoms. The van der Waals surface area contributed by atoms with Crippen LogP contribution in [0.15, 0.2) is 24.3 Å². The van der Waals surface area contributed by atoms with Gasteiger partial charge in [0.1, 0.15) is 5.75 Å². The summed E-state index contributed by atoms with van der Waals surface area (Å²) < 4.78 is 10.6. The molecular weight excluding hydrogens is 232 g/mol. The molecule has 1 unspecified atom stereocenters. The molecule has 0 aliphatic carbocycles. The summed E-state index contributed by atoms with van der Waals surface area (Å²) in [6, 6.07) is 7.14. The largest absolute Gasteiger partial charge is 0.478 e. The third kappa shape index (κ3) is 3.74. The minimum absolute atomic E-state index is 0.330. The first-order valence-corrected chi connectivity index (χ1v) is 6.20. The Morgan fingerprint density at radius 3 is 2.56 bits per heavy atom. The van der Waals surface area contributed by atoms with Gasteiger partial charge in [0, 0.05) is 5.56 Å². The van der Waals surface area contributed by atoms with Crippen LogP contribution in [0.3, 0.4) is 0 Å². The van der Waals surface area contributed by atoms with Crippen LogP contribution in [0.1, 0.15) is 38.9 Å². The minimum Gasteiger partial charge on any atom is -0.478 e. The first kappa shape index (κ1) is 14.5. The molecule has 4 heteroatoms. The van der Waals surface area contributed by atoms with Gasteiger partial charge in [-0.05, 0) is 26.3 Å². The van der Waals surface area contributed by atoms with Gasteiger partial charge in [-0.15, -0.1) is 0 Å². The Bertz CT molecular complexity index is 387. The van der Waals surface area contributed by atoms with Crippen LogP contribution in [0.25, 0.3) is 0 Å². The van der Waals surface area contributed by atoms with Crippen LogP contribution in [0.5, 0.6) is 5.75 Å². The molecule has 0 spiro atoms. The van der Waals surface area contributed by atoms with E-state index in [-0.39, 0.29) is 5.97 Å². The fraction of sp³-hybridized carbons (Fsp3) is 0.500. The Morgan fingerprint density at radius 2 is 2.00 bits per heavy atom. The molecule has 0 aromatic heterocycles. The van der Waals surface area contributed by atoms with Crippen molar-refractivity contribution in [3.05, 3.63) is 29.8 Å².